The number of rotatable bonds is 13. The molecule has 3 rings (SSSR count). The maximum Gasteiger partial charge on any atom is 0.437 e. The summed E-state index contributed by atoms with van der Waals surface area (Å²) >= 11 is 0. The van der Waals surface area contributed by atoms with Crippen molar-refractivity contribution in [1.29, 1.82) is 0 Å². The fourth-order valence-electron chi connectivity index (χ4n) is 3.89. The fraction of sp³-hybridized carbons (Fsp3) is 0.429. The molecule has 0 aliphatic rings. The van der Waals surface area contributed by atoms with Crippen molar-refractivity contribution in [2.24, 2.45) is 11.8 Å². The van der Waals surface area contributed by atoms with E-state index in [1.54, 1.807) is 24.4 Å². The minimum absolute atomic E-state index is 0.0222. The Balaban J connectivity index is 1.71. The molecule has 2 aromatic heterocycles. The van der Waals surface area contributed by atoms with E-state index in [4.69, 9.17) is 9.15 Å². The summed E-state index contributed by atoms with van der Waals surface area (Å²) in [5, 5.41) is 9.38. The van der Waals surface area contributed by atoms with E-state index in [0.717, 1.165) is 10.2 Å². The van der Waals surface area contributed by atoms with Gasteiger partial charge in [0.2, 0.25) is 11.7 Å². The molecule has 1 aromatic carbocycles. The van der Waals surface area contributed by atoms with Crippen molar-refractivity contribution >= 4 is 17.8 Å². The molecule has 0 fully saturated rings. The minimum atomic E-state index is -1.02. The van der Waals surface area contributed by atoms with Gasteiger partial charge in [-0.2, -0.15) is 4.68 Å². The number of ketones is 1. The smallest absolute Gasteiger partial charge is 0.437 e. The molecule has 0 spiro atoms. The lowest BCUT2D eigenvalue weighted by Gasteiger charge is -2.24. The molecule has 2 heterocycles. The van der Waals surface area contributed by atoms with Crippen molar-refractivity contribution in [3.05, 3.63) is 82.4 Å². The molecule has 208 valence electrons. The molecule has 2 atom stereocenters. The topological polar surface area (TPSA) is 145 Å². The van der Waals surface area contributed by atoms with Gasteiger partial charge in [-0.3, -0.25) is 14.6 Å². The van der Waals surface area contributed by atoms with Gasteiger partial charge in [-0.15, -0.1) is 5.10 Å². The standard InChI is InChI=1S/C28H35N5O6/c1-18(2)14-22(24(34)26-32-33(28(37)39-26)16-21-12-8-9-13-29-21)30-25(35)23(15-19(3)4)31-27(36)38-17-20-10-6-5-7-11-20/h5-13,18-19,22-23H,14-17H2,1-4H3,(H,30,35)(H,31,36)/t22-,23-/m0/s1. The number of amides is 2. The second-order valence-electron chi connectivity index (χ2n) is 10.1. The first-order valence-electron chi connectivity index (χ1n) is 12.9. The van der Waals surface area contributed by atoms with Crippen LogP contribution in [-0.4, -0.2) is 44.6 Å². The van der Waals surface area contributed by atoms with Gasteiger partial charge in [0.1, 0.15) is 12.6 Å². The van der Waals surface area contributed by atoms with Gasteiger partial charge in [-0.1, -0.05) is 64.1 Å². The predicted molar refractivity (Wildman–Crippen MR) is 143 cm³/mol. The van der Waals surface area contributed by atoms with Crippen LogP contribution in [0.3, 0.4) is 0 Å². The Bertz CT molecular complexity index is 1290. The maximum absolute atomic E-state index is 13.3. The fourth-order valence-corrected chi connectivity index (χ4v) is 3.89. The van der Waals surface area contributed by atoms with Gasteiger partial charge in [0.05, 0.1) is 18.3 Å². The lowest BCUT2D eigenvalue weighted by Crippen LogP contribution is -2.52. The molecule has 0 saturated carbocycles. The largest absolute Gasteiger partial charge is 0.445 e. The zero-order valence-electron chi connectivity index (χ0n) is 22.6. The SMILES string of the molecule is CC(C)C[C@H](NC(=O)OCc1ccccc1)C(=O)N[C@@H](CC(C)C)C(=O)c1nn(Cc2ccccn2)c(=O)o1. The number of ether oxygens (including phenoxy) is 1. The van der Waals surface area contributed by atoms with Gasteiger partial charge in [0.15, 0.2) is 0 Å². The Morgan fingerprint density at radius 3 is 2.23 bits per heavy atom. The third kappa shape index (κ3) is 9.20. The molecule has 11 nitrogen and oxygen atoms in total. The summed E-state index contributed by atoms with van der Waals surface area (Å²) in [5.74, 6) is -2.31. The van der Waals surface area contributed by atoms with E-state index >= 15 is 0 Å². The second kappa shape index (κ2) is 14.0. The number of nitrogens with zero attached hydrogens (tertiary/aromatic N) is 3. The molecule has 0 aliphatic carbocycles. The highest BCUT2D eigenvalue weighted by molar-refractivity contribution is 5.99. The highest BCUT2D eigenvalue weighted by Gasteiger charge is 2.31. The number of aromatic nitrogens is 3. The highest BCUT2D eigenvalue weighted by atomic mass is 16.5. The molecule has 0 radical (unpaired) electrons. The summed E-state index contributed by atoms with van der Waals surface area (Å²) in [6.07, 6.45) is 1.43. The summed E-state index contributed by atoms with van der Waals surface area (Å²) in [6.45, 7) is 7.70. The second-order valence-corrected chi connectivity index (χ2v) is 10.1. The van der Waals surface area contributed by atoms with E-state index < -0.39 is 41.5 Å². The highest BCUT2D eigenvalue weighted by Crippen LogP contribution is 2.12. The average Bonchev–Trinajstić information content (AvgIpc) is 3.26. The predicted octanol–water partition coefficient (Wildman–Crippen LogP) is 3.33. The van der Waals surface area contributed by atoms with Gasteiger partial charge < -0.3 is 19.8 Å². The summed E-state index contributed by atoms with van der Waals surface area (Å²) in [5.41, 5.74) is 1.38. The Kier molecular flexibility index (Phi) is 10.5. The molecule has 0 aliphatic heterocycles. The normalized spacial score (nSPS) is 12.7. The van der Waals surface area contributed by atoms with Crippen molar-refractivity contribution < 1.29 is 23.5 Å². The van der Waals surface area contributed by atoms with Crippen LogP contribution < -0.4 is 16.4 Å². The van der Waals surface area contributed by atoms with Crippen molar-refractivity contribution in [1.82, 2.24) is 25.4 Å². The molecule has 2 amide bonds. The van der Waals surface area contributed by atoms with Crippen LogP contribution in [0.4, 0.5) is 4.79 Å². The van der Waals surface area contributed by atoms with Crippen LogP contribution in [0.25, 0.3) is 0 Å². The number of hydrogen-bond acceptors (Lipinski definition) is 8. The molecule has 39 heavy (non-hydrogen) atoms. The number of benzene rings is 1. The molecule has 2 N–H and O–H groups in total. The van der Waals surface area contributed by atoms with Crippen molar-refractivity contribution in [3.63, 3.8) is 0 Å². The molecular weight excluding hydrogens is 502 g/mol. The average molecular weight is 538 g/mol. The Hall–Kier alpha value is -4.28. The van der Waals surface area contributed by atoms with E-state index in [9.17, 15) is 19.2 Å². The van der Waals surface area contributed by atoms with Gasteiger partial charge in [0, 0.05) is 6.20 Å². The molecule has 0 unspecified atom stereocenters. The number of hydrogen-bond donors (Lipinski definition) is 2. The van der Waals surface area contributed by atoms with E-state index in [1.165, 1.54) is 0 Å². The molecule has 11 heteroatoms. The zero-order chi connectivity index (χ0) is 28.4. The Morgan fingerprint density at radius 1 is 0.923 bits per heavy atom. The van der Waals surface area contributed by atoms with Crippen molar-refractivity contribution in [2.75, 3.05) is 0 Å². The third-order valence-corrected chi connectivity index (χ3v) is 5.72. The monoisotopic (exact) mass is 537 g/mol. The van der Waals surface area contributed by atoms with E-state index in [-0.39, 0.29) is 31.4 Å². The third-order valence-electron chi connectivity index (χ3n) is 5.72. The van der Waals surface area contributed by atoms with Crippen LogP contribution in [0.1, 0.15) is 62.5 Å². The number of pyridine rings is 1. The number of nitrogens with one attached hydrogen (secondary N) is 2. The summed E-state index contributed by atoms with van der Waals surface area (Å²) in [4.78, 5) is 55.5. The first kappa shape index (κ1) is 29.3. The van der Waals surface area contributed by atoms with Crippen molar-refractivity contribution in [2.45, 2.75) is 65.8 Å². The van der Waals surface area contributed by atoms with Gasteiger partial charge in [-0.05, 0) is 42.4 Å². The number of carbonyl (C=O) groups excluding carboxylic acids is 3. The number of Topliss-reactive ketones (excluding diaryl/α,β-unsaturated/α-hetero) is 1. The molecule has 3 aromatic rings. The van der Waals surface area contributed by atoms with Crippen LogP contribution in [-0.2, 0) is 22.7 Å². The summed E-state index contributed by atoms with van der Waals surface area (Å²) < 4.78 is 11.4. The van der Waals surface area contributed by atoms with Gasteiger partial charge in [-0.25, -0.2) is 9.59 Å². The lowest BCUT2D eigenvalue weighted by atomic mass is 9.98. The summed E-state index contributed by atoms with van der Waals surface area (Å²) in [6, 6.07) is 12.4. The van der Waals surface area contributed by atoms with E-state index in [0.29, 0.717) is 12.1 Å². The minimum Gasteiger partial charge on any atom is -0.445 e. The van der Waals surface area contributed by atoms with Crippen LogP contribution in [0.15, 0.2) is 63.9 Å². The zero-order valence-corrected chi connectivity index (χ0v) is 22.6. The van der Waals surface area contributed by atoms with Crippen molar-refractivity contribution in [3.8, 4) is 0 Å². The quantitative estimate of drug-likeness (QED) is 0.316. The maximum atomic E-state index is 13.3. The first-order chi connectivity index (χ1) is 18.6. The summed E-state index contributed by atoms with van der Waals surface area (Å²) in [7, 11) is 0. The van der Waals surface area contributed by atoms with Crippen LogP contribution in [0.2, 0.25) is 0 Å². The van der Waals surface area contributed by atoms with Crippen LogP contribution in [0.5, 0.6) is 0 Å². The molecular formula is C28H35N5O6. The van der Waals surface area contributed by atoms with Crippen LogP contribution >= 0.6 is 0 Å². The van der Waals surface area contributed by atoms with Gasteiger partial charge in [0.25, 0.3) is 5.89 Å². The Morgan fingerprint density at radius 2 is 1.59 bits per heavy atom. The Labute approximate surface area is 227 Å². The number of carbonyl (C=O) groups is 3. The van der Waals surface area contributed by atoms with E-state index in [1.807, 2.05) is 58.0 Å². The van der Waals surface area contributed by atoms with E-state index in [2.05, 4.69) is 20.7 Å². The molecule has 0 saturated heterocycles. The number of alkyl carbamates (subject to hydrolysis) is 1. The molecule has 0 bridgehead atoms. The van der Waals surface area contributed by atoms with Crippen LogP contribution in [0, 0.1) is 11.8 Å². The lowest BCUT2D eigenvalue weighted by molar-refractivity contribution is -0.124. The first-order valence-corrected chi connectivity index (χ1v) is 12.9. The van der Waals surface area contributed by atoms with Gasteiger partial charge >= 0.3 is 11.8 Å².